The van der Waals surface area contributed by atoms with Crippen molar-refractivity contribution in [2.75, 3.05) is 0 Å². The molecule has 0 atom stereocenters. The molecule has 0 heteroatoms. The largest absolute Gasteiger partial charge is 0.0882 e. The summed E-state index contributed by atoms with van der Waals surface area (Å²) in [6.07, 6.45) is 54.4. The van der Waals surface area contributed by atoms with Crippen molar-refractivity contribution in [1.29, 1.82) is 0 Å². The van der Waals surface area contributed by atoms with E-state index in [9.17, 15) is 0 Å². The SMILES string of the molecule is C.CCCCC/C=C\C/C=C\CCCCCCCCC(C)CCCCCCCC/C=C\C/C=C\CCCCC. The molecule has 0 rings (SSSR count). The molecule has 0 aliphatic rings. The molecule has 0 unspecified atom stereocenters. The highest BCUT2D eigenvalue weighted by Crippen LogP contribution is 2.19. The lowest BCUT2D eigenvalue weighted by molar-refractivity contribution is 0.431. The van der Waals surface area contributed by atoms with E-state index in [2.05, 4.69) is 69.4 Å². The second-order valence-corrected chi connectivity index (χ2v) is 11.9. The summed E-state index contributed by atoms with van der Waals surface area (Å²) in [7, 11) is 0. The normalized spacial score (nSPS) is 12.2. The lowest BCUT2D eigenvalue weighted by Crippen LogP contribution is -1.95. The monoisotopic (exact) mass is 543 g/mol. The first-order chi connectivity index (χ1) is 18.8. The van der Waals surface area contributed by atoms with Crippen molar-refractivity contribution < 1.29 is 0 Å². The molecule has 0 aromatic carbocycles. The molecule has 0 bridgehead atoms. The number of hydrogen-bond acceptors (Lipinski definition) is 0. The average Bonchev–Trinajstić information content (AvgIpc) is 2.92. The van der Waals surface area contributed by atoms with Gasteiger partial charge >= 0.3 is 0 Å². The zero-order valence-corrected chi connectivity index (χ0v) is 26.6. The molecule has 0 amide bonds. The fourth-order valence-electron chi connectivity index (χ4n) is 5.11. The van der Waals surface area contributed by atoms with Gasteiger partial charge in [0.05, 0.1) is 0 Å². The summed E-state index contributed by atoms with van der Waals surface area (Å²) in [5, 5.41) is 0. The van der Waals surface area contributed by atoms with Gasteiger partial charge in [-0.2, -0.15) is 0 Å². The van der Waals surface area contributed by atoms with Gasteiger partial charge in [0.25, 0.3) is 0 Å². The molecule has 0 saturated carbocycles. The summed E-state index contributed by atoms with van der Waals surface area (Å²) in [4.78, 5) is 0. The molecular formula is C39H74. The Morgan fingerprint density at radius 2 is 0.641 bits per heavy atom. The maximum absolute atomic E-state index is 2.49. The lowest BCUT2D eigenvalue weighted by atomic mass is 9.96. The molecule has 0 aliphatic carbocycles. The van der Waals surface area contributed by atoms with E-state index >= 15 is 0 Å². The zero-order chi connectivity index (χ0) is 27.6. The summed E-state index contributed by atoms with van der Waals surface area (Å²) >= 11 is 0. The standard InChI is InChI=1S/C38H70.CH4/c1-4-6-8-10-12-14-16-18-20-22-24-26-28-30-32-34-36-38(3)37-35-33-31-29-27-25-23-21-19-17-15-13-11-9-7-5-2;/h12-15,18-21,38H,4-11,16-17,22-37H2,1-3H3;1H4/b14-12-,15-13-,20-18-,21-19-;. The van der Waals surface area contributed by atoms with Crippen molar-refractivity contribution in [2.45, 2.75) is 195 Å². The van der Waals surface area contributed by atoms with Crippen molar-refractivity contribution in [2.24, 2.45) is 5.92 Å². The van der Waals surface area contributed by atoms with Gasteiger partial charge in [0.1, 0.15) is 0 Å². The molecular weight excluding hydrogens is 468 g/mol. The Hall–Kier alpha value is -1.04. The van der Waals surface area contributed by atoms with Gasteiger partial charge in [-0.3, -0.25) is 0 Å². The van der Waals surface area contributed by atoms with Crippen LogP contribution < -0.4 is 0 Å². The van der Waals surface area contributed by atoms with E-state index in [1.807, 2.05) is 0 Å². The smallest absolute Gasteiger partial charge is 0.0169 e. The zero-order valence-electron chi connectivity index (χ0n) is 26.6. The second-order valence-electron chi connectivity index (χ2n) is 11.9. The highest BCUT2D eigenvalue weighted by molar-refractivity contribution is 4.93. The molecule has 0 fully saturated rings. The van der Waals surface area contributed by atoms with Crippen LogP contribution in [0.5, 0.6) is 0 Å². The van der Waals surface area contributed by atoms with Crippen molar-refractivity contribution in [3.63, 3.8) is 0 Å². The van der Waals surface area contributed by atoms with Crippen LogP contribution in [0.1, 0.15) is 195 Å². The van der Waals surface area contributed by atoms with E-state index in [1.54, 1.807) is 0 Å². The summed E-state index contributed by atoms with van der Waals surface area (Å²) in [5.41, 5.74) is 0. The maximum Gasteiger partial charge on any atom is -0.0169 e. The number of rotatable bonds is 30. The Labute approximate surface area is 249 Å². The molecule has 0 aliphatic heterocycles. The van der Waals surface area contributed by atoms with Crippen LogP contribution in [0.25, 0.3) is 0 Å². The first-order valence-corrected chi connectivity index (χ1v) is 17.4. The highest BCUT2D eigenvalue weighted by Gasteiger charge is 2.02. The van der Waals surface area contributed by atoms with Crippen LogP contribution in [0.3, 0.4) is 0 Å². The fourth-order valence-corrected chi connectivity index (χ4v) is 5.11. The van der Waals surface area contributed by atoms with Gasteiger partial charge in [-0.05, 0) is 70.1 Å². The molecule has 0 N–H and O–H groups in total. The quantitative estimate of drug-likeness (QED) is 0.0625. The van der Waals surface area contributed by atoms with E-state index < -0.39 is 0 Å². The van der Waals surface area contributed by atoms with E-state index in [-0.39, 0.29) is 7.43 Å². The Kier molecular flexibility index (Phi) is 38.0. The summed E-state index contributed by atoms with van der Waals surface area (Å²) in [5.74, 6) is 0.937. The summed E-state index contributed by atoms with van der Waals surface area (Å²) < 4.78 is 0. The van der Waals surface area contributed by atoms with E-state index in [4.69, 9.17) is 0 Å². The second kappa shape index (κ2) is 37.0. The Bertz CT molecular complexity index is 486. The van der Waals surface area contributed by atoms with Crippen LogP contribution in [-0.4, -0.2) is 0 Å². The molecule has 0 saturated heterocycles. The molecule has 0 nitrogen and oxygen atoms in total. The van der Waals surface area contributed by atoms with Gasteiger partial charge in [-0.1, -0.05) is 180 Å². The van der Waals surface area contributed by atoms with Crippen LogP contribution in [0.15, 0.2) is 48.6 Å². The lowest BCUT2D eigenvalue weighted by Gasteiger charge is -2.11. The molecule has 0 aromatic heterocycles. The van der Waals surface area contributed by atoms with E-state index in [1.165, 1.54) is 154 Å². The van der Waals surface area contributed by atoms with E-state index in [0.717, 1.165) is 18.8 Å². The molecule has 0 aromatic rings. The average molecular weight is 543 g/mol. The van der Waals surface area contributed by atoms with Crippen LogP contribution in [0.2, 0.25) is 0 Å². The minimum Gasteiger partial charge on any atom is -0.0882 e. The highest BCUT2D eigenvalue weighted by atomic mass is 14.1. The number of unbranched alkanes of at least 4 members (excludes halogenated alkanes) is 18. The number of hydrogen-bond donors (Lipinski definition) is 0. The molecule has 230 valence electrons. The van der Waals surface area contributed by atoms with Gasteiger partial charge in [0, 0.05) is 0 Å². The van der Waals surface area contributed by atoms with Gasteiger partial charge in [0.2, 0.25) is 0 Å². The van der Waals surface area contributed by atoms with Crippen LogP contribution in [-0.2, 0) is 0 Å². The summed E-state index contributed by atoms with van der Waals surface area (Å²) in [6, 6.07) is 0. The summed E-state index contributed by atoms with van der Waals surface area (Å²) in [6.45, 7) is 7.03. The van der Waals surface area contributed by atoms with Crippen LogP contribution in [0, 0.1) is 5.92 Å². The van der Waals surface area contributed by atoms with Crippen molar-refractivity contribution in [1.82, 2.24) is 0 Å². The first-order valence-electron chi connectivity index (χ1n) is 17.4. The van der Waals surface area contributed by atoms with Gasteiger partial charge in [0.15, 0.2) is 0 Å². The molecule has 0 radical (unpaired) electrons. The Balaban J connectivity index is 0. The predicted octanol–water partition coefficient (Wildman–Crippen LogP) is 14.7. The Morgan fingerprint density at radius 3 is 0.974 bits per heavy atom. The van der Waals surface area contributed by atoms with E-state index in [0.29, 0.717) is 0 Å². The Morgan fingerprint density at radius 1 is 0.359 bits per heavy atom. The topological polar surface area (TPSA) is 0 Å². The third kappa shape index (κ3) is 37.0. The molecule has 0 spiro atoms. The van der Waals surface area contributed by atoms with Crippen LogP contribution in [0.4, 0.5) is 0 Å². The first kappa shape index (κ1) is 40.1. The van der Waals surface area contributed by atoms with Gasteiger partial charge in [-0.25, -0.2) is 0 Å². The molecule has 39 heavy (non-hydrogen) atoms. The predicted molar refractivity (Wildman–Crippen MR) is 184 cm³/mol. The number of allylic oxidation sites excluding steroid dienone is 8. The van der Waals surface area contributed by atoms with Crippen molar-refractivity contribution >= 4 is 0 Å². The third-order valence-corrected chi connectivity index (χ3v) is 7.80. The van der Waals surface area contributed by atoms with Crippen molar-refractivity contribution in [3.8, 4) is 0 Å². The third-order valence-electron chi connectivity index (χ3n) is 7.80. The maximum atomic E-state index is 2.49. The fraction of sp³-hybridized carbons (Fsp3) is 0.795. The van der Waals surface area contributed by atoms with Crippen molar-refractivity contribution in [3.05, 3.63) is 48.6 Å². The minimum atomic E-state index is 0. The van der Waals surface area contributed by atoms with Crippen LogP contribution >= 0.6 is 0 Å². The van der Waals surface area contributed by atoms with Gasteiger partial charge in [-0.15, -0.1) is 0 Å². The van der Waals surface area contributed by atoms with Gasteiger partial charge < -0.3 is 0 Å². The minimum absolute atomic E-state index is 0. The molecule has 0 heterocycles.